The third-order valence-electron chi connectivity index (χ3n) is 1.34. The van der Waals surface area contributed by atoms with Crippen molar-refractivity contribution in [1.82, 2.24) is 0 Å². The summed E-state index contributed by atoms with van der Waals surface area (Å²) in [5.74, 6) is 0.0957. The van der Waals surface area contributed by atoms with Gasteiger partial charge in [0.25, 0.3) is 0 Å². The summed E-state index contributed by atoms with van der Waals surface area (Å²) in [5.41, 5.74) is 0.896. The molecule has 0 radical (unpaired) electrons. The summed E-state index contributed by atoms with van der Waals surface area (Å²) in [7, 11) is 0. The summed E-state index contributed by atoms with van der Waals surface area (Å²) in [5, 5.41) is 17.3. The Bertz CT molecular complexity index is 208. The Morgan fingerprint density at radius 3 is 2.18 bits per heavy atom. The number of hydrogen-bond donors (Lipinski definition) is 2. The van der Waals surface area contributed by atoms with Gasteiger partial charge in [-0.15, -0.1) is 0 Å². The van der Waals surface area contributed by atoms with Gasteiger partial charge in [-0.3, -0.25) is 0 Å². The maximum atomic E-state index is 8.70. The summed E-state index contributed by atoms with van der Waals surface area (Å²) in [6.45, 7) is 0.0735. The van der Waals surface area contributed by atoms with Crippen molar-refractivity contribution in [2.24, 2.45) is 0 Å². The molecule has 0 amide bonds. The minimum Gasteiger partial charge on any atom is -0.392 e. The summed E-state index contributed by atoms with van der Waals surface area (Å²) in [6.07, 6.45) is 0. The van der Waals surface area contributed by atoms with E-state index in [0.717, 1.165) is 10.5 Å². The molecular weight excluding hydrogens is 160 g/mol. The van der Waals surface area contributed by atoms with Crippen LogP contribution in [-0.4, -0.2) is 16.2 Å². The van der Waals surface area contributed by atoms with Crippen LogP contribution in [0.25, 0.3) is 0 Å². The molecule has 0 spiro atoms. The van der Waals surface area contributed by atoms with Crippen LogP contribution in [0.3, 0.4) is 0 Å². The van der Waals surface area contributed by atoms with Crippen LogP contribution in [-0.2, 0) is 6.61 Å². The van der Waals surface area contributed by atoms with Crippen LogP contribution in [0.15, 0.2) is 29.2 Å². The molecule has 2 nitrogen and oxygen atoms in total. The van der Waals surface area contributed by atoms with Crippen molar-refractivity contribution in [3.8, 4) is 0 Å². The second-order valence-corrected chi connectivity index (χ2v) is 3.09. The first-order valence-corrected chi connectivity index (χ1v) is 4.29. The molecule has 0 unspecified atom stereocenters. The minimum absolute atomic E-state index is 0.0735. The lowest BCUT2D eigenvalue weighted by Crippen LogP contribution is -1.81. The molecule has 3 heteroatoms. The van der Waals surface area contributed by atoms with E-state index in [4.69, 9.17) is 10.2 Å². The zero-order valence-corrected chi connectivity index (χ0v) is 6.84. The maximum Gasteiger partial charge on any atom is 0.0932 e. The highest BCUT2D eigenvalue weighted by molar-refractivity contribution is 7.99. The molecule has 0 atom stereocenters. The average Bonchev–Trinajstić information content (AvgIpc) is 2.07. The molecule has 1 aromatic carbocycles. The zero-order valence-electron chi connectivity index (χ0n) is 6.03. The largest absolute Gasteiger partial charge is 0.392 e. The number of aliphatic hydroxyl groups is 2. The van der Waals surface area contributed by atoms with Gasteiger partial charge >= 0.3 is 0 Å². The number of hydrogen-bond acceptors (Lipinski definition) is 3. The molecule has 2 N–H and O–H groups in total. The van der Waals surface area contributed by atoms with E-state index >= 15 is 0 Å². The molecule has 0 aliphatic rings. The Labute approximate surface area is 69.9 Å². The van der Waals surface area contributed by atoms with Crippen LogP contribution in [0.1, 0.15) is 5.56 Å². The molecular formula is C8H10O2S. The van der Waals surface area contributed by atoms with Gasteiger partial charge in [0.2, 0.25) is 0 Å². The molecule has 0 saturated heterocycles. The number of benzene rings is 1. The monoisotopic (exact) mass is 170 g/mol. The molecule has 0 bridgehead atoms. The van der Waals surface area contributed by atoms with Crippen LogP contribution >= 0.6 is 11.8 Å². The summed E-state index contributed by atoms with van der Waals surface area (Å²) >= 11 is 1.37. The number of thioether (sulfide) groups is 1. The van der Waals surface area contributed by atoms with Crippen molar-refractivity contribution in [3.05, 3.63) is 29.8 Å². The fraction of sp³-hybridized carbons (Fsp3) is 0.250. The predicted molar refractivity (Wildman–Crippen MR) is 45.3 cm³/mol. The molecule has 0 aliphatic heterocycles. The summed E-state index contributed by atoms with van der Waals surface area (Å²) in [4.78, 5) is 1.02. The topological polar surface area (TPSA) is 40.5 Å². The van der Waals surface area contributed by atoms with E-state index in [1.54, 1.807) is 0 Å². The Morgan fingerprint density at radius 2 is 1.73 bits per heavy atom. The van der Waals surface area contributed by atoms with E-state index in [2.05, 4.69) is 0 Å². The van der Waals surface area contributed by atoms with Crippen molar-refractivity contribution >= 4 is 11.8 Å². The van der Waals surface area contributed by atoms with Crippen molar-refractivity contribution in [2.75, 3.05) is 5.94 Å². The van der Waals surface area contributed by atoms with E-state index in [9.17, 15) is 0 Å². The van der Waals surface area contributed by atoms with Crippen LogP contribution in [0.5, 0.6) is 0 Å². The number of rotatable bonds is 3. The lowest BCUT2D eigenvalue weighted by molar-refractivity contribution is 0.282. The Kier molecular flexibility index (Phi) is 3.42. The maximum absolute atomic E-state index is 8.70. The minimum atomic E-state index is 0.0735. The van der Waals surface area contributed by atoms with Gasteiger partial charge in [-0.2, -0.15) is 0 Å². The van der Waals surface area contributed by atoms with Gasteiger partial charge in [0, 0.05) is 4.90 Å². The molecule has 0 aliphatic carbocycles. The lowest BCUT2D eigenvalue weighted by Gasteiger charge is -1.98. The molecule has 60 valence electrons. The van der Waals surface area contributed by atoms with Crippen LogP contribution in [0, 0.1) is 0 Å². The third kappa shape index (κ3) is 2.54. The molecule has 0 heterocycles. The Hall–Kier alpha value is -0.510. The molecule has 1 rings (SSSR count). The van der Waals surface area contributed by atoms with Crippen molar-refractivity contribution in [2.45, 2.75) is 11.5 Å². The molecule has 0 fully saturated rings. The first kappa shape index (κ1) is 8.59. The Morgan fingerprint density at radius 1 is 1.09 bits per heavy atom. The fourth-order valence-electron chi connectivity index (χ4n) is 0.766. The van der Waals surface area contributed by atoms with E-state index < -0.39 is 0 Å². The lowest BCUT2D eigenvalue weighted by atomic mass is 10.2. The van der Waals surface area contributed by atoms with Gasteiger partial charge in [0.15, 0.2) is 0 Å². The van der Waals surface area contributed by atoms with Crippen LogP contribution in [0.2, 0.25) is 0 Å². The van der Waals surface area contributed by atoms with Gasteiger partial charge < -0.3 is 10.2 Å². The standard InChI is InChI=1S/C8H10O2S/c9-5-7-1-3-8(4-2-7)11-6-10/h1-4,9-10H,5-6H2. The first-order chi connectivity index (χ1) is 5.36. The normalized spacial score (nSPS) is 10.0. The fourth-order valence-corrected chi connectivity index (χ4v) is 1.24. The predicted octanol–water partition coefficient (Wildman–Crippen LogP) is 1.22. The van der Waals surface area contributed by atoms with Gasteiger partial charge in [-0.25, -0.2) is 0 Å². The van der Waals surface area contributed by atoms with E-state index in [1.807, 2.05) is 24.3 Å². The van der Waals surface area contributed by atoms with E-state index in [-0.39, 0.29) is 12.5 Å². The zero-order chi connectivity index (χ0) is 8.10. The molecule has 0 saturated carbocycles. The average molecular weight is 170 g/mol. The molecule has 11 heavy (non-hydrogen) atoms. The van der Waals surface area contributed by atoms with E-state index in [1.165, 1.54) is 11.8 Å². The van der Waals surface area contributed by atoms with Gasteiger partial charge in [0.05, 0.1) is 12.5 Å². The summed E-state index contributed by atoms with van der Waals surface area (Å²) in [6, 6.07) is 7.45. The van der Waals surface area contributed by atoms with Crippen LogP contribution in [0.4, 0.5) is 0 Å². The Balaban J connectivity index is 2.66. The number of aliphatic hydroxyl groups excluding tert-OH is 2. The van der Waals surface area contributed by atoms with Crippen molar-refractivity contribution < 1.29 is 10.2 Å². The van der Waals surface area contributed by atoms with Gasteiger partial charge in [-0.1, -0.05) is 23.9 Å². The molecule has 1 aromatic rings. The molecule has 0 aromatic heterocycles. The van der Waals surface area contributed by atoms with Gasteiger partial charge in [0.1, 0.15) is 0 Å². The smallest absolute Gasteiger partial charge is 0.0932 e. The van der Waals surface area contributed by atoms with Crippen molar-refractivity contribution in [3.63, 3.8) is 0 Å². The highest BCUT2D eigenvalue weighted by atomic mass is 32.2. The highest BCUT2D eigenvalue weighted by Gasteiger charge is 1.92. The van der Waals surface area contributed by atoms with Gasteiger partial charge in [-0.05, 0) is 17.7 Å². The van der Waals surface area contributed by atoms with E-state index in [0.29, 0.717) is 0 Å². The summed E-state index contributed by atoms with van der Waals surface area (Å²) < 4.78 is 0. The highest BCUT2D eigenvalue weighted by Crippen LogP contribution is 2.16. The quantitative estimate of drug-likeness (QED) is 0.529. The second-order valence-electron chi connectivity index (χ2n) is 2.08. The van der Waals surface area contributed by atoms with Crippen LogP contribution < -0.4 is 0 Å². The SMILES string of the molecule is OCSc1ccc(CO)cc1. The van der Waals surface area contributed by atoms with Crippen molar-refractivity contribution in [1.29, 1.82) is 0 Å². The third-order valence-corrected chi connectivity index (χ3v) is 2.07. The first-order valence-electron chi connectivity index (χ1n) is 3.30. The second kappa shape index (κ2) is 4.38.